The number of aromatic nitrogens is 3. The molecule has 1 atom stereocenters. The van der Waals surface area contributed by atoms with Crippen molar-refractivity contribution >= 4 is 11.8 Å². The minimum atomic E-state index is 0.391. The Hall–Kier alpha value is -1.33. The summed E-state index contributed by atoms with van der Waals surface area (Å²) < 4.78 is 1.93. The molecule has 0 bridgehead atoms. The van der Waals surface area contributed by atoms with E-state index >= 15 is 0 Å². The van der Waals surface area contributed by atoms with Gasteiger partial charge in [-0.25, -0.2) is 9.67 Å². The SMILES string of the molecule is CCn1ncnc1CSc1ccc(C(C)NC)cc1. The van der Waals surface area contributed by atoms with Gasteiger partial charge >= 0.3 is 0 Å². The van der Waals surface area contributed by atoms with Crippen molar-refractivity contribution in [2.75, 3.05) is 7.05 Å². The lowest BCUT2D eigenvalue weighted by Crippen LogP contribution is -2.11. The van der Waals surface area contributed by atoms with Gasteiger partial charge in [-0.15, -0.1) is 11.8 Å². The molecule has 0 aliphatic carbocycles. The van der Waals surface area contributed by atoms with Gasteiger partial charge in [-0.3, -0.25) is 0 Å². The van der Waals surface area contributed by atoms with Crippen LogP contribution in [-0.4, -0.2) is 21.8 Å². The van der Waals surface area contributed by atoms with E-state index in [1.807, 2.05) is 11.7 Å². The highest BCUT2D eigenvalue weighted by atomic mass is 32.2. The topological polar surface area (TPSA) is 42.7 Å². The fourth-order valence-electron chi connectivity index (χ4n) is 1.83. The molecule has 4 nitrogen and oxygen atoms in total. The van der Waals surface area contributed by atoms with Crippen LogP contribution >= 0.6 is 11.8 Å². The third-order valence-corrected chi connectivity index (χ3v) is 4.18. The Balaban J connectivity index is 1.96. The van der Waals surface area contributed by atoms with Crippen molar-refractivity contribution < 1.29 is 0 Å². The number of rotatable bonds is 6. The van der Waals surface area contributed by atoms with Gasteiger partial charge in [-0.05, 0) is 38.6 Å². The van der Waals surface area contributed by atoms with Gasteiger partial charge in [-0.2, -0.15) is 5.10 Å². The molecule has 0 aliphatic heterocycles. The second-order valence-corrected chi connectivity index (χ2v) is 5.41. The van der Waals surface area contributed by atoms with Crippen LogP contribution in [0.2, 0.25) is 0 Å². The van der Waals surface area contributed by atoms with Crippen LogP contribution in [0.25, 0.3) is 0 Å². The molecule has 1 heterocycles. The number of nitrogens with one attached hydrogen (secondary N) is 1. The number of aryl methyl sites for hydroxylation is 1. The molecule has 1 aromatic carbocycles. The van der Waals surface area contributed by atoms with Crippen LogP contribution in [-0.2, 0) is 12.3 Å². The quantitative estimate of drug-likeness (QED) is 0.824. The van der Waals surface area contributed by atoms with Crippen LogP contribution in [0.5, 0.6) is 0 Å². The molecule has 0 spiro atoms. The molecule has 1 unspecified atom stereocenters. The predicted octanol–water partition coefficient (Wildman–Crippen LogP) is 2.87. The lowest BCUT2D eigenvalue weighted by Gasteiger charge is -2.11. The lowest BCUT2D eigenvalue weighted by molar-refractivity contribution is 0.632. The number of hydrogen-bond acceptors (Lipinski definition) is 4. The maximum absolute atomic E-state index is 4.28. The molecular formula is C14H20N4S. The van der Waals surface area contributed by atoms with E-state index in [4.69, 9.17) is 0 Å². The highest BCUT2D eigenvalue weighted by Gasteiger charge is 2.05. The average Bonchev–Trinajstić information content (AvgIpc) is 2.92. The fraction of sp³-hybridized carbons (Fsp3) is 0.429. The first kappa shape index (κ1) is 14.1. The van der Waals surface area contributed by atoms with E-state index in [9.17, 15) is 0 Å². The third-order valence-electron chi connectivity index (χ3n) is 3.18. The van der Waals surface area contributed by atoms with Crippen LogP contribution in [0.15, 0.2) is 35.5 Å². The van der Waals surface area contributed by atoms with Gasteiger partial charge in [-0.1, -0.05) is 12.1 Å². The van der Waals surface area contributed by atoms with E-state index < -0.39 is 0 Å². The van der Waals surface area contributed by atoms with E-state index in [0.29, 0.717) is 6.04 Å². The standard InChI is InChI=1S/C14H20N4S/c1-4-18-14(16-10-17-18)9-19-13-7-5-12(6-8-13)11(2)15-3/h5-8,10-11,15H,4,9H2,1-3H3. The molecule has 0 fully saturated rings. The number of hydrogen-bond donors (Lipinski definition) is 1. The Labute approximate surface area is 118 Å². The molecule has 2 aromatic rings. The molecule has 1 aromatic heterocycles. The average molecular weight is 276 g/mol. The first-order valence-corrected chi connectivity index (χ1v) is 7.49. The predicted molar refractivity (Wildman–Crippen MR) is 79.2 cm³/mol. The van der Waals surface area contributed by atoms with Crippen LogP contribution in [0.4, 0.5) is 0 Å². The summed E-state index contributed by atoms with van der Waals surface area (Å²) in [5, 5.41) is 7.42. The molecule has 19 heavy (non-hydrogen) atoms. The van der Waals surface area contributed by atoms with E-state index in [1.54, 1.807) is 18.1 Å². The summed E-state index contributed by atoms with van der Waals surface area (Å²) in [6.45, 7) is 5.11. The van der Waals surface area contributed by atoms with Gasteiger partial charge in [0.1, 0.15) is 12.2 Å². The van der Waals surface area contributed by atoms with Gasteiger partial charge in [0, 0.05) is 17.5 Å². The normalized spacial score (nSPS) is 12.6. The molecule has 0 saturated heterocycles. The van der Waals surface area contributed by atoms with Crippen molar-refractivity contribution in [1.29, 1.82) is 0 Å². The highest BCUT2D eigenvalue weighted by molar-refractivity contribution is 7.98. The maximum atomic E-state index is 4.28. The monoisotopic (exact) mass is 276 g/mol. The fourth-order valence-corrected chi connectivity index (χ4v) is 2.68. The van der Waals surface area contributed by atoms with Crippen molar-refractivity contribution in [2.24, 2.45) is 0 Å². The summed E-state index contributed by atoms with van der Waals surface area (Å²) in [5.41, 5.74) is 1.31. The Morgan fingerprint density at radius 3 is 2.68 bits per heavy atom. The molecule has 2 rings (SSSR count). The van der Waals surface area contributed by atoms with E-state index in [1.165, 1.54) is 10.5 Å². The third kappa shape index (κ3) is 3.58. The van der Waals surface area contributed by atoms with Crippen LogP contribution < -0.4 is 5.32 Å². The minimum absolute atomic E-state index is 0.391. The van der Waals surface area contributed by atoms with Crippen molar-refractivity contribution in [3.63, 3.8) is 0 Å². The summed E-state index contributed by atoms with van der Waals surface area (Å²) in [4.78, 5) is 5.54. The first-order valence-electron chi connectivity index (χ1n) is 6.51. The second kappa shape index (κ2) is 6.73. The van der Waals surface area contributed by atoms with E-state index in [-0.39, 0.29) is 0 Å². The Kier molecular flexibility index (Phi) is 4.99. The summed E-state index contributed by atoms with van der Waals surface area (Å²) in [6, 6.07) is 9.07. The summed E-state index contributed by atoms with van der Waals surface area (Å²) in [6.07, 6.45) is 1.62. The second-order valence-electron chi connectivity index (χ2n) is 4.36. The van der Waals surface area contributed by atoms with Gasteiger partial charge in [0.05, 0.1) is 5.75 Å². The molecule has 5 heteroatoms. The minimum Gasteiger partial charge on any atom is -0.313 e. The molecule has 0 radical (unpaired) electrons. The summed E-state index contributed by atoms with van der Waals surface area (Å²) in [5.74, 6) is 1.88. The smallest absolute Gasteiger partial charge is 0.138 e. The largest absolute Gasteiger partial charge is 0.313 e. The highest BCUT2D eigenvalue weighted by Crippen LogP contribution is 2.23. The van der Waals surface area contributed by atoms with Gasteiger partial charge in [0.15, 0.2) is 0 Å². The molecule has 0 aliphatic rings. The van der Waals surface area contributed by atoms with Crippen LogP contribution in [0, 0.1) is 0 Å². The molecule has 102 valence electrons. The van der Waals surface area contributed by atoms with Gasteiger partial charge in [0.25, 0.3) is 0 Å². The Morgan fingerprint density at radius 2 is 2.05 bits per heavy atom. The maximum Gasteiger partial charge on any atom is 0.138 e. The zero-order valence-electron chi connectivity index (χ0n) is 11.6. The summed E-state index contributed by atoms with van der Waals surface area (Å²) in [7, 11) is 1.98. The first-order chi connectivity index (χ1) is 9.24. The zero-order valence-corrected chi connectivity index (χ0v) is 12.4. The van der Waals surface area contributed by atoms with Gasteiger partial charge < -0.3 is 5.32 Å². The van der Waals surface area contributed by atoms with E-state index in [2.05, 4.69) is 53.5 Å². The van der Waals surface area contributed by atoms with Crippen LogP contribution in [0.3, 0.4) is 0 Å². The van der Waals surface area contributed by atoms with Crippen LogP contribution in [0.1, 0.15) is 31.3 Å². The number of benzene rings is 1. The molecule has 0 saturated carbocycles. The zero-order chi connectivity index (χ0) is 13.7. The van der Waals surface area contributed by atoms with Crippen molar-refractivity contribution in [1.82, 2.24) is 20.1 Å². The molecule has 0 amide bonds. The van der Waals surface area contributed by atoms with Gasteiger partial charge in [0.2, 0.25) is 0 Å². The summed E-state index contributed by atoms with van der Waals surface area (Å²) >= 11 is 1.79. The molecule has 1 N–H and O–H groups in total. The number of thioether (sulfide) groups is 1. The van der Waals surface area contributed by atoms with E-state index in [0.717, 1.165) is 18.1 Å². The lowest BCUT2D eigenvalue weighted by atomic mass is 10.1. The number of nitrogens with zero attached hydrogens (tertiary/aromatic N) is 3. The molecular weight excluding hydrogens is 256 g/mol. The Bertz CT molecular complexity index is 506. The van der Waals surface area contributed by atoms with Crippen molar-refractivity contribution in [3.8, 4) is 0 Å². The Morgan fingerprint density at radius 1 is 1.32 bits per heavy atom. The van der Waals surface area contributed by atoms with Crippen molar-refractivity contribution in [3.05, 3.63) is 42.0 Å². The van der Waals surface area contributed by atoms with Crippen molar-refractivity contribution in [2.45, 2.75) is 37.1 Å².